The van der Waals surface area contributed by atoms with E-state index < -0.39 is 0 Å². The van der Waals surface area contributed by atoms with Gasteiger partial charge in [0.05, 0.1) is 0 Å². The van der Waals surface area contributed by atoms with E-state index in [2.05, 4.69) is 5.92 Å². The summed E-state index contributed by atoms with van der Waals surface area (Å²) in [5.74, 6) is 2.51. The van der Waals surface area contributed by atoms with Crippen LogP contribution >= 0.6 is 0 Å². The molecule has 1 aromatic rings. The minimum absolute atomic E-state index is 0.640. The van der Waals surface area contributed by atoms with Crippen molar-refractivity contribution in [2.24, 2.45) is 0 Å². The molecule has 0 unspecified atom stereocenters. The molecule has 0 bridgehead atoms. The number of hydrogen-bond donors (Lipinski definition) is 0. The maximum Gasteiger partial charge on any atom is 0.150 e. The second-order valence-corrected chi connectivity index (χ2v) is 3.69. The molecule has 2 heteroatoms. The van der Waals surface area contributed by atoms with Crippen LogP contribution in [0.3, 0.4) is 0 Å². The smallest absolute Gasteiger partial charge is 0.150 e. The third kappa shape index (κ3) is 4.40. The molecule has 1 aromatic carbocycles. The highest BCUT2D eigenvalue weighted by Crippen LogP contribution is 2.17. The first-order valence-corrected chi connectivity index (χ1v) is 5.69. The Labute approximate surface area is 108 Å². The Morgan fingerprint density at radius 3 is 3.00 bits per heavy atom. The van der Waals surface area contributed by atoms with Crippen LogP contribution in [0.1, 0.15) is 22.3 Å². The van der Waals surface area contributed by atoms with Crippen LogP contribution < -0.4 is 0 Å². The van der Waals surface area contributed by atoms with Crippen LogP contribution in [0, 0.1) is 12.3 Å². The van der Waals surface area contributed by atoms with Gasteiger partial charge in [-0.1, -0.05) is 36.3 Å². The van der Waals surface area contributed by atoms with E-state index in [9.17, 15) is 4.79 Å². The van der Waals surface area contributed by atoms with Gasteiger partial charge >= 0.3 is 0 Å². The van der Waals surface area contributed by atoms with Gasteiger partial charge in [0.15, 0.2) is 0 Å². The number of terminal acetylenes is 1. The van der Waals surface area contributed by atoms with E-state index in [0.29, 0.717) is 12.2 Å². The molecule has 0 aromatic heterocycles. The normalized spacial score (nSPS) is 11.4. The van der Waals surface area contributed by atoms with E-state index in [1.165, 1.54) is 0 Å². The summed E-state index contributed by atoms with van der Waals surface area (Å²) >= 11 is 0. The van der Waals surface area contributed by atoms with Crippen LogP contribution in [0.4, 0.5) is 0 Å². The summed E-state index contributed by atoms with van der Waals surface area (Å²) in [6, 6.07) is 7.35. The Balaban J connectivity index is 2.91. The third-order valence-electron chi connectivity index (χ3n) is 2.38. The van der Waals surface area contributed by atoms with E-state index in [1.807, 2.05) is 30.4 Å². The fraction of sp³-hybridized carbons (Fsp3) is 0.188. The van der Waals surface area contributed by atoms with Crippen molar-refractivity contribution in [3.05, 3.63) is 53.6 Å². The van der Waals surface area contributed by atoms with E-state index in [0.717, 1.165) is 23.8 Å². The number of methoxy groups -OCH3 is 1. The van der Waals surface area contributed by atoms with Gasteiger partial charge in [-0.05, 0) is 29.7 Å². The van der Waals surface area contributed by atoms with E-state index in [-0.39, 0.29) is 0 Å². The van der Waals surface area contributed by atoms with Crippen molar-refractivity contribution in [2.75, 3.05) is 13.7 Å². The molecule has 0 saturated heterocycles. The highest BCUT2D eigenvalue weighted by atomic mass is 16.5. The molecule has 1 rings (SSSR count). The lowest BCUT2D eigenvalue weighted by Gasteiger charge is -2.02. The van der Waals surface area contributed by atoms with Gasteiger partial charge in [0, 0.05) is 19.3 Å². The van der Waals surface area contributed by atoms with Gasteiger partial charge in [-0.15, -0.1) is 6.42 Å². The maximum absolute atomic E-state index is 10.7. The fourth-order valence-corrected chi connectivity index (χ4v) is 1.51. The first-order valence-electron chi connectivity index (χ1n) is 5.69. The molecule has 0 spiro atoms. The summed E-state index contributed by atoms with van der Waals surface area (Å²) < 4.78 is 4.97. The zero-order valence-corrected chi connectivity index (χ0v) is 10.4. The molecule has 2 nitrogen and oxygen atoms in total. The van der Waals surface area contributed by atoms with Crippen LogP contribution in [0.15, 0.2) is 42.5 Å². The van der Waals surface area contributed by atoms with Crippen LogP contribution in [-0.2, 0) is 4.74 Å². The number of rotatable bonds is 6. The average Bonchev–Trinajstić information content (AvgIpc) is 2.42. The van der Waals surface area contributed by atoms with Crippen LogP contribution in [-0.4, -0.2) is 20.0 Å². The number of ether oxygens (including phenoxy) is 1. The lowest BCUT2D eigenvalue weighted by Crippen LogP contribution is -1.87. The molecule has 0 atom stereocenters. The number of aldehydes is 1. The highest BCUT2D eigenvalue weighted by molar-refractivity contribution is 5.81. The monoisotopic (exact) mass is 240 g/mol. The molecule has 18 heavy (non-hydrogen) atoms. The molecule has 0 aliphatic rings. The lowest BCUT2D eigenvalue weighted by atomic mass is 10.0. The molecule has 92 valence electrons. The summed E-state index contributed by atoms with van der Waals surface area (Å²) in [4.78, 5) is 10.7. The minimum atomic E-state index is 0.640. The largest absolute Gasteiger partial charge is 0.384 e. The third-order valence-corrected chi connectivity index (χ3v) is 2.38. The Morgan fingerprint density at radius 2 is 2.33 bits per heavy atom. The van der Waals surface area contributed by atoms with Crippen molar-refractivity contribution in [1.29, 1.82) is 0 Å². The predicted octanol–water partition coefficient (Wildman–Crippen LogP) is 3.11. The van der Waals surface area contributed by atoms with E-state index in [4.69, 9.17) is 11.2 Å². The van der Waals surface area contributed by atoms with Gasteiger partial charge in [-0.3, -0.25) is 4.79 Å². The van der Waals surface area contributed by atoms with Crippen LogP contribution in [0.25, 0.3) is 5.57 Å². The second-order valence-electron chi connectivity index (χ2n) is 3.69. The van der Waals surface area contributed by atoms with Gasteiger partial charge in [0.25, 0.3) is 0 Å². The number of benzene rings is 1. The summed E-state index contributed by atoms with van der Waals surface area (Å²) in [5, 5.41) is 0. The van der Waals surface area contributed by atoms with Crippen molar-refractivity contribution >= 4 is 11.9 Å². The van der Waals surface area contributed by atoms with Crippen molar-refractivity contribution < 1.29 is 9.53 Å². The van der Waals surface area contributed by atoms with Gasteiger partial charge in [-0.25, -0.2) is 0 Å². The highest BCUT2D eigenvalue weighted by Gasteiger charge is 1.98. The zero-order valence-electron chi connectivity index (χ0n) is 10.4. The molecule has 0 heterocycles. The topological polar surface area (TPSA) is 26.3 Å². The molecule has 0 amide bonds. The SMILES string of the molecule is C#C/C=C(\C=C/CCOC)c1cccc(C=O)c1. The first kappa shape index (κ1) is 14.0. The average molecular weight is 240 g/mol. The van der Waals surface area contributed by atoms with Gasteiger partial charge in [0.1, 0.15) is 6.29 Å². The Morgan fingerprint density at radius 1 is 1.50 bits per heavy atom. The molecule has 0 radical (unpaired) electrons. The summed E-state index contributed by atoms with van der Waals surface area (Å²) in [6.45, 7) is 0.675. The number of carbonyl (C=O) groups is 1. The Kier molecular flexibility index (Phi) is 6.24. The zero-order chi connectivity index (χ0) is 13.2. The Hall–Kier alpha value is -2.11. The molecule has 0 aliphatic carbocycles. The second kappa shape index (κ2) is 8.05. The van der Waals surface area contributed by atoms with Crippen molar-refractivity contribution in [1.82, 2.24) is 0 Å². The number of carbonyl (C=O) groups excluding carboxylic acids is 1. The number of hydrogen-bond acceptors (Lipinski definition) is 2. The first-order chi connectivity index (χ1) is 8.81. The maximum atomic E-state index is 10.7. The molecule has 0 N–H and O–H groups in total. The van der Waals surface area contributed by atoms with Crippen LogP contribution in [0.5, 0.6) is 0 Å². The Bertz CT molecular complexity index is 490. The molecule has 0 saturated carbocycles. The van der Waals surface area contributed by atoms with Crippen LogP contribution in [0.2, 0.25) is 0 Å². The quantitative estimate of drug-likeness (QED) is 0.330. The fourth-order valence-electron chi connectivity index (χ4n) is 1.51. The van der Waals surface area contributed by atoms with Crippen molar-refractivity contribution in [2.45, 2.75) is 6.42 Å². The van der Waals surface area contributed by atoms with E-state index in [1.54, 1.807) is 19.3 Å². The van der Waals surface area contributed by atoms with Gasteiger partial charge in [0.2, 0.25) is 0 Å². The van der Waals surface area contributed by atoms with Gasteiger partial charge < -0.3 is 4.74 Å². The van der Waals surface area contributed by atoms with Gasteiger partial charge in [-0.2, -0.15) is 0 Å². The molecular weight excluding hydrogens is 224 g/mol. The molecular formula is C16H16O2. The minimum Gasteiger partial charge on any atom is -0.384 e. The number of allylic oxidation sites excluding steroid dienone is 3. The van der Waals surface area contributed by atoms with E-state index >= 15 is 0 Å². The predicted molar refractivity (Wildman–Crippen MR) is 74.3 cm³/mol. The standard InChI is InChI=1S/C16H16O2/c1-3-7-15(9-4-5-11-18-2)16-10-6-8-14(12-16)13-17/h1,4,6-10,12-13H,5,11H2,2H3/b9-4-,15-7+. The molecule has 0 aliphatic heterocycles. The summed E-state index contributed by atoms with van der Waals surface area (Å²) in [5.41, 5.74) is 2.49. The summed E-state index contributed by atoms with van der Waals surface area (Å²) in [7, 11) is 1.67. The van der Waals surface area contributed by atoms with Crippen molar-refractivity contribution in [3.63, 3.8) is 0 Å². The molecule has 0 fully saturated rings. The van der Waals surface area contributed by atoms with Crippen molar-refractivity contribution in [3.8, 4) is 12.3 Å². The lowest BCUT2D eigenvalue weighted by molar-refractivity contribution is 0.112. The summed E-state index contributed by atoms with van der Waals surface area (Å²) in [6.07, 6.45) is 12.6.